The van der Waals surface area contributed by atoms with Crippen molar-refractivity contribution in [1.29, 1.82) is 0 Å². The number of nitrogens with one attached hydrogen (secondary N) is 1. The molecular formula is C20H14F2N2O. The predicted octanol–water partition coefficient (Wildman–Crippen LogP) is 4.58. The Balaban J connectivity index is 2.04. The molecule has 0 amide bonds. The lowest BCUT2D eigenvalue weighted by Crippen LogP contribution is -2.07. The van der Waals surface area contributed by atoms with E-state index in [2.05, 4.69) is 9.97 Å². The minimum absolute atomic E-state index is 0.0124. The van der Waals surface area contributed by atoms with Crippen molar-refractivity contribution in [2.75, 3.05) is 0 Å². The van der Waals surface area contributed by atoms with Crippen LogP contribution < -0.4 is 5.43 Å². The normalized spacial score (nSPS) is 11.3. The van der Waals surface area contributed by atoms with Crippen LogP contribution in [-0.2, 0) is 6.42 Å². The van der Waals surface area contributed by atoms with E-state index in [0.29, 0.717) is 17.7 Å². The van der Waals surface area contributed by atoms with Crippen molar-refractivity contribution in [2.24, 2.45) is 0 Å². The summed E-state index contributed by atoms with van der Waals surface area (Å²) >= 11 is 0. The number of aromatic nitrogens is 2. The lowest BCUT2D eigenvalue weighted by molar-refractivity contribution is 0.596. The van der Waals surface area contributed by atoms with E-state index in [1.54, 1.807) is 30.5 Å². The number of fused-ring (bicyclic) bond motifs is 2. The Labute approximate surface area is 142 Å². The fraction of sp³-hybridized carbons (Fsp3) is 0.100. The highest BCUT2D eigenvalue weighted by Gasteiger charge is 2.18. The summed E-state index contributed by atoms with van der Waals surface area (Å²) in [5.74, 6) is -1.52. The quantitative estimate of drug-likeness (QED) is 0.582. The topological polar surface area (TPSA) is 45.8 Å². The number of halogens is 2. The fourth-order valence-electron chi connectivity index (χ4n) is 3.05. The molecule has 0 fully saturated rings. The van der Waals surface area contributed by atoms with Crippen molar-refractivity contribution < 1.29 is 8.78 Å². The van der Waals surface area contributed by atoms with Crippen molar-refractivity contribution in [2.45, 2.75) is 13.3 Å². The van der Waals surface area contributed by atoms with Gasteiger partial charge in [-0.15, -0.1) is 0 Å². The van der Waals surface area contributed by atoms with Crippen LogP contribution in [0.3, 0.4) is 0 Å². The zero-order valence-electron chi connectivity index (χ0n) is 13.4. The minimum Gasteiger partial charge on any atom is -0.356 e. The monoisotopic (exact) mass is 336 g/mol. The first-order valence-corrected chi connectivity index (χ1v) is 7.97. The number of nitrogens with zero attached hydrogens (tertiary/aromatic N) is 1. The lowest BCUT2D eigenvalue weighted by Gasteiger charge is -2.10. The van der Waals surface area contributed by atoms with E-state index < -0.39 is 17.1 Å². The molecule has 0 aliphatic carbocycles. The third-order valence-electron chi connectivity index (χ3n) is 4.35. The van der Waals surface area contributed by atoms with Gasteiger partial charge in [0.05, 0.1) is 22.0 Å². The van der Waals surface area contributed by atoms with Gasteiger partial charge in [-0.05, 0) is 36.2 Å². The highest BCUT2D eigenvalue weighted by Crippen LogP contribution is 2.31. The molecule has 0 aliphatic rings. The van der Waals surface area contributed by atoms with Crippen molar-refractivity contribution in [3.8, 4) is 11.1 Å². The summed E-state index contributed by atoms with van der Waals surface area (Å²) in [5.41, 5.74) is 1.25. The molecule has 25 heavy (non-hydrogen) atoms. The molecule has 3 nitrogen and oxygen atoms in total. The summed E-state index contributed by atoms with van der Waals surface area (Å²) in [6.45, 7) is 1.86. The van der Waals surface area contributed by atoms with Crippen molar-refractivity contribution in [1.82, 2.24) is 9.97 Å². The second-order valence-corrected chi connectivity index (χ2v) is 5.89. The number of hydrogen-bond acceptors (Lipinski definition) is 2. The Morgan fingerprint density at radius 2 is 1.96 bits per heavy atom. The molecule has 2 heterocycles. The fourth-order valence-corrected chi connectivity index (χ4v) is 3.05. The number of benzene rings is 2. The zero-order valence-corrected chi connectivity index (χ0v) is 13.4. The number of aromatic amines is 1. The molecule has 2 aromatic heterocycles. The Kier molecular flexibility index (Phi) is 3.57. The summed E-state index contributed by atoms with van der Waals surface area (Å²) < 4.78 is 29.7. The largest absolute Gasteiger partial charge is 0.356 e. The SMILES string of the molecule is CCc1cc(=O)c2cc(F)c(-c3ccc4ncccc4c3)c(F)c2[nH]1. The van der Waals surface area contributed by atoms with Crippen LogP contribution in [0.15, 0.2) is 53.5 Å². The van der Waals surface area contributed by atoms with Crippen LogP contribution in [0.5, 0.6) is 0 Å². The molecule has 4 rings (SSSR count). The first kappa shape index (κ1) is 15.4. The predicted molar refractivity (Wildman–Crippen MR) is 94.6 cm³/mol. The summed E-state index contributed by atoms with van der Waals surface area (Å²) in [6.07, 6.45) is 2.22. The van der Waals surface area contributed by atoms with E-state index in [1.807, 2.05) is 13.0 Å². The molecule has 2 aromatic carbocycles. The average Bonchev–Trinajstić information content (AvgIpc) is 2.62. The molecule has 0 saturated heterocycles. The minimum atomic E-state index is -0.761. The van der Waals surface area contributed by atoms with Crippen LogP contribution in [0.4, 0.5) is 8.78 Å². The van der Waals surface area contributed by atoms with Gasteiger partial charge in [-0.2, -0.15) is 0 Å². The van der Waals surface area contributed by atoms with Crippen molar-refractivity contribution in [3.05, 3.63) is 76.2 Å². The zero-order chi connectivity index (χ0) is 17.6. The molecule has 1 N–H and O–H groups in total. The second-order valence-electron chi connectivity index (χ2n) is 5.89. The first-order valence-electron chi connectivity index (χ1n) is 7.97. The standard InChI is InChI=1S/C20H14F2N2O/c1-2-13-9-17(25)14-10-15(21)18(19(22)20(14)24-13)12-5-6-16-11(8-12)4-3-7-23-16/h3-10H,2H2,1H3,(H,24,25). The number of hydrogen-bond donors (Lipinski definition) is 1. The third-order valence-corrected chi connectivity index (χ3v) is 4.35. The van der Waals surface area contributed by atoms with Gasteiger partial charge in [0.15, 0.2) is 11.2 Å². The van der Waals surface area contributed by atoms with Crippen LogP contribution in [0.25, 0.3) is 32.9 Å². The number of pyridine rings is 2. The Bertz CT molecular complexity index is 1180. The summed E-state index contributed by atoms with van der Waals surface area (Å²) in [5, 5.41) is 0.799. The van der Waals surface area contributed by atoms with E-state index >= 15 is 4.39 Å². The van der Waals surface area contributed by atoms with E-state index in [-0.39, 0.29) is 16.5 Å². The van der Waals surface area contributed by atoms with Gasteiger partial charge in [0, 0.05) is 23.3 Å². The maximum atomic E-state index is 15.1. The highest BCUT2D eigenvalue weighted by atomic mass is 19.1. The van der Waals surface area contributed by atoms with Crippen LogP contribution in [0, 0.1) is 11.6 Å². The molecule has 0 unspecified atom stereocenters. The molecule has 0 spiro atoms. The van der Waals surface area contributed by atoms with Gasteiger partial charge < -0.3 is 4.98 Å². The maximum absolute atomic E-state index is 15.1. The maximum Gasteiger partial charge on any atom is 0.189 e. The van der Waals surface area contributed by atoms with Crippen LogP contribution >= 0.6 is 0 Å². The van der Waals surface area contributed by atoms with Gasteiger partial charge >= 0.3 is 0 Å². The van der Waals surface area contributed by atoms with Crippen LogP contribution in [0.2, 0.25) is 0 Å². The van der Waals surface area contributed by atoms with Gasteiger partial charge in [-0.25, -0.2) is 8.78 Å². The average molecular weight is 336 g/mol. The molecule has 0 atom stereocenters. The highest BCUT2D eigenvalue weighted by molar-refractivity contribution is 5.89. The molecule has 0 aliphatic heterocycles. The Morgan fingerprint density at radius 3 is 2.76 bits per heavy atom. The van der Waals surface area contributed by atoms with Gasteiger partial charge in [-0.1, -0.05) is 19.1 Å². The molecule has 4 aromatic rings. The van der Waals surface area contributed by atoms with E-state index in [4.69, 9.17) is 0 Å². The number of rotatable bonds is 2. The van der Waals surface area contributed by atoms with Gasteiger partial charge in [0.2, 0.25) is 0 Å². The first-order chi connectivity index (χ1) is 12.1. The van der Waals surface area contributed by atoms with Gasteiger partial charge in [0.1, 0.15) is 5.82 Å². The van der Waals surface area contributed by atoms with Gasteiger partial charge in [0.25, 0.3) is 0 Å². The summed E-state index contributed by atoms with van der Waals surface area (Å²) in [6, 6.07) is 11.1. The summed E-state index contributed by atoms with van der Waals surface area (Å²) in [7, 11) is 0. The second kappa shape index (κ2) is 5.77. The van der Waals surface area contributed by atoms with Crippen molar-refractivity contribution in [3.63, 3.8) is 0 Å². The Hall–Kier alpha value is -3.08. The number of aryl methyl sites for hydroxylation is 1. The van der Waals surface area contributed by atoms with Crippen LogP contribution in [0.1, 0.15) is 12.6 Å². The molecular weight excluding hydrogens is 322 g/mol. The van der Waals surface area contributed by atoms with E-state index in [0.717, 1.165) is 17.0 Å². The molecule has 0 radical (unpaired) electrons. The molecule has 124 valence electrons. The molecule has 0 bridgehead atoms. The Morgan fingerprint density at radius 1 is 1.12 bits per heavy atom. The van der Waals surface area contributed by atoms with E-state index in [9.17, 15) is 9.18 Å². The molecule has 0 saturated carbocycles. The smallest absolute Gasteiger partial charge is 0.189 e. The third kappa shape index (κ3) is 2.48. The lowest BCUT2D eigenvalue weighted by atomic mass is 9.99. The van der Waals surface area contributed by atoms with E-state index in [1.165, 1.54) is 6.07 Å². The summed E-state index contributed by atoms with van der Waals surface area (Å²) in [4.78, 5) is 19.2. The van der Waals surface area contributed by atoms with Crippen molar-refractivity contribution >= 4 is 21.8 Å². The van der Waals surface area contributed by atoms with Crippen LogP contribution in [-0.4, -0.2) is 9.97 Å². The molecule has 5 heteroatoms. The van der Waals surface area contributed by atoms with Gasteiger partial charge in [-0.3, -0.25) is 9.78 Å². The number of H-pyrrole nitrogens is 1.